The number of methoxy groups -OCH3 is 2. The van der Waals surface area contributed by atoms with Gasteiger partial charge in [-0.25, -0.2) is 26.4 Å². The third-order valence-electron chi connectivity index (χ3n) is 10.5. The van der Waals surface area contributed by atoms with Crippen LogP contribution in [0.1, 0.15) is 75.3 Å². The predicted molar refractivity (Wildman–Crippen MR) is 225 cm³/mol. The average molecular weight is 855 g/mol. The summed E-state index contributed by atoms with van der Waals surface area (Å²) in [6.45, 7) is 0. The van der Waals surface area contributed by atoms with Gasteiger partial charge in [0.05, 0.1) is 29.1 Å². The molecule has 2 atom stereocenters. The second-order valence-electron chi connectivity index (χ2n) is 14.9. The minimum Gasteiger partial charge on any atom is -0.467 e. The molecular weight excluding hydrogens is 801 g/mol. The number of esters is 2. The Hall–Kier alpha value is -3.74. The highest BCUT2D eigenvalue weighted by atomic mass is 32.2. The number of hydrogen-bond donors (Lipinski definition) is 3. The Labute approximate surface area is 341 Å². The van der Waals surface area contributed by atoms with Crippen LogP contribution in [-0.4, -0.2) is 94.0 Å². The maximum Gasteiger partial charge on any atom is 0.328 e. The zero-order valence-electron chi connectivity index (χ0n) is 32.4. The molecule has 2 aromatic rings. The first-order chi connectivity index (χ1) is 26.2. The largest absolute Gasteiger partial charge is 0.467 e. The normalized spacial score (nSPS) is 16.6. The summed E-state index contributed by atoms with van der Waals surface area (Å²) in [5, 5.41) is 17.1. The van der Waals surface area contributed by atoms with Gasteiger partial charge >= 0.3 is 11.9 Å². The molecule has 2 aliphatic rings. The van der Waals surface area contributed by atoms with Crippen LogP contribution in [0.2, 0.25) is 0 Å². The molecule has 0 radical (unpaired) electrons. The molecule has 310 valence electrons. The number of nitro groups is 1. The standard InChI is InChI=1S/C19H26N2O6S2.C19H28N2O4S2/c1-27-17(22)16(13-14-5-7-15(8-6-14)21(23)24)20-18(28)19(9-3-10-19)11-4-12-29(2,25)26;1-25-17(22)16(13-14-5-7-15(20)8-6-14)21-18(26)19(9-3-10-19)11-4-12-27(2,23)24/h5-8,16H,3-4,9-13H2,1-2H3,(H,20,28);5-8,16H,3-4,9-13,20H2,1-2H3,(H,21,26)/t2*16-/m00/s1. The first-order valence-electron chi connectivity index (χ1n) is 18.4. The number of nitrogens with two attached hydrogens (primary N) is 1. The van der Waals surface area contributed by atoms with Crippen molar-refractivity contribution < 1.29 is 40.8 Å². The number of benzene rings is 2. The number of nitrogen functional groups attached to an aromatic ring is 1. The molecule has 56 heavy (non-hydrogen) atoms. The van der Waals surface area contributed by atoms with Crippen molar-refractivity contribution in [3.8, 4) is 0 Å². The number of nitro benzene ring substituents is 1. The van der Waals surface area contributed by atoms with E-state index in [4.69, 9.17) is 39.6 Å². The van der Waals surface area contributed by atoms with Gasteiger partial charge < -0.3 is 25.8 Å². The summed E-state index contributed by atoms with van der Waals surface area (Å²) < 4.78 is 55.5. The Morgan fingerprint density at radius 1 is 0.750 bits per heavy atom. The van der Waals surface area contributed by atoms with Crippen molar-refractivity contribution in [2.75, 3.05) is 44.0 Å². The molecular formula is C38H54N4O10S4. The molecule has 18 heteroatoms. The summed E-state index contributed by atoms with van der Waals surface area (Å²) in [7, 11) is -3.37. The molecule has 0 bridgehead atoms. The molecule has 0 heterocycles. The molecule has 4 rings (SSSR count). The lowest BCUT2D eigenvalue weighted by Crippen LogP contribution is -2.51. The second-order valence-corrected chi connectivity index (χ2v) is 20.2. The van der Waals surface area contributed by atoms with Gasteiger partial charge in [0.1, 0.15) is 31.8 Å². The van der Waals surface area contributed by atoms with Crippen LogP contribution in [0, 0.1) is 20.9 Å². The van der Waals surface area contributed by atoms with Crippen LogP contribution in [-0.2, 0) is 51.6 Å². The van der Waals surface area contributed by atoms with Crippen molar-refractivity contribution in [1.82, 2.24) is 10.6 Å². The Balaban J connectivity index is 0.000000301. The fraction of sp³-hybridized carbons (Fsp3) is 0.579. The summed E-state index contributed by atoms with van der Waals surface area (Å²) in [6.07, 6.45) is 11.2. The number of carbonyl (C=O) groups is 2. The van der Waals surface area contributed by atoms with E-state index < -0.39 is 42.7 Å². The maximum atomic E-state index is 12.3. The maximum absolute atomic E-state index is 12.3. The fourth-order valence-electron chi connectivity index (χ4n) is 6.91. The second kappa shape index (κ2) is 20.6. The summed E-state index contributed by atoms with van der Waals surface area (Å²) in [4.78, 5) is 36.0. The number of anilines is 1. The molecule has 2 fully saturated rings. The SMILES string of the molecule is COC(=O)[C@H](Cc1ccc(N)cc1)NC(=S)C1(CCCS(C)(=O)=O)CCC1.COC(=O)[C@H](Cc1ccc([N+](=O)[O-])cc1)NC(=S)C1(CCCS(C)(=O)=O)CCC1. The van der Waals surface area contributed by atoms with E-state index in [9.17, 15) is 36.5 Å². The molecule has 0 spiro atoms. The van der Waals surface area contributed by atoms with Crippen molar-refractivity contribution in [3.05, 3.63) is 69.8 Å². The molecule has 4 N–H and O–H groups in total. The molecule has 2 aliphatic carbocycles. The molecule has 0 saturated heterocycles. The molecule has 0 aliphatic heterocycles. The minimum atomic E-state index is -3.03. The van der Waals surface area contributed by atoms with Crippen molar-refractivity contribution in [2.24, 2.45) is 10.8 Å². The highest BCUT2D eigenvalue weighted by Crippen LogP contribution is 2.47. The number of nitrogens with one attached hydrogen (secondary N) is 2. The molecule has 2 saturated carbocycles. The summed E-state index contributed by atoms with van der Waals surface area (Å²) in [6, 6.07) is 12.0. The van der Waals surface area contributed by atoms with Crippen LogP contribution in [0.5, 0.6) is 0 Å². The molecule has 0 amide bonds. The first kappa shape index (κ1) is 46.6. The number of hydrogen-bond acceptors (Lipinski definition) is 13. The third kappa shape index (κ3) is 14.3. The number of rotatable bonds is 19. The van der Waals surface area contributed by atoms with Crippen molar-refractivity contribution in [3.63, 3.8) is 0 Å². The summed E-state index contributed by atoms with van der Waals surface area (Å²) in [5.41, 5.74) is 7.54. The zero-order chi connectivity index (χ0) is 41.7. The number of thiocarbonyl (C=S) groups is 2. The number of carbonyl (C=O) groups excluding carboxylic acids is 2. The Kier molecular flexibility index (Phi) is 17.2. The molecule has 14 nitrogen and oxygen atoms in total. The average Bonchev–Trinajstić information content (AvgIpc) is 3.09. The van der Waals surface area contributed by atoms with Crippen LogP contribution in [0.3, 0.4) is 0 Å². The van der Waals surface area contributed by atoms with Gasteiger partial charge in [-0.1, -0.05) is 61.5 Å². The predicted octanol–water partition coefficient (Wildman–Crippen LogP) is 4.86. The van der Waals surface area contributed by atoms with E-state index in [-0.39, 0.29) is 40.4 Å². The topological polar surface area (TPSA) is 214 Å². The molecule has 2 aromatic carbocycles. The van der Waals surface area contributed by atoms with Crippen LogP contribution in [0.4, 0.5) is 11.4 Å². The number of ether oxygens (including phenoxy) is 2. The lowest BCUT2D eigenvalue weighted by molar-refractivity contribution is -0.384. The van der Waals surface area contributed by atoms with Crippen LogP contribution < -0.4 is 16.4 Å². The van der Waals surface area contributed by atoms with Gasteiger partial charge in [-0.2, -0.15) is 0 Å². The van der Waals surface area contributed by atoms with Gasteiger partial charge in [-0.15, -0.1) is 0 Å². The molecule has 0 unspecified atom stereocenters. The Bertz CT molecular complexity index is 1910. The van der Waals surface area contributed by atoms with E-state index in [0.717, 1.165) is 49.7 Å². The minimum absolute atomic E-state index is 0.0221. The Morgan fingerprint density at radius 2 is 1.11 bits per heavy atom. The lowest BCUT2D eigenvalue weighted by atomic mass is 9.66. The Morgan fingerprint density at radius 3 is 1.39 bits per heavy atom. The smallest absolute Gasteiger partial charge is 0.328 e. The number of non-ortho nitro benzene ring substituents is 1. The quantitative estimate of drug-likeness (QED) is 0.0566. The zero-order valence-corrected chi connectivity index (χ0v) is 35.7. The van der Waals surface area contributed by atoms with Crippen LogP contribution in [0.25, 0.3) is 0 Å². The van der Waals surface area contributed by atoms with Gasteiger partial charge in [0.25, 0.3) is 5.69 Å². The van der Waals surface area contributed by atoms with Crippen LogP contribution in [0.15, 0.2) is 48.5 Å². The van der Waals surface area contributed by atoms with E-state index in [1.807, 2.05) is 12.1 Å². The van der Waals surface area contributed by atoms with Crippen molar-refractivity contribution in [2.45, 2.75) is 89.1 Å². The van der Waals surface area contributed by atoms with E-state index in [1.165, 1.54) is 38.9 Å². The van der Waals surface area contributed by atoms with Gasteiger partial charge in [-0.3, -0.25) is 10.1 Å². The van der Waals surface area contributed by atoms with Crippen LogP contribution >= 0.6 is 24.4 Å². The number of nitrogens with zero attached hydrogens (tertiary/aromatic N) is 1. The van der Waals surface area contributed by atoms with Gasteiger partial charge in [-0.05, 0) is 74.6 Å². The van der Waals surface area contributed by atoms with E-state index >= 15 is 0 Å². The van der Waals surface area contributed by atoms with Gasteiger partial charge in [0.2, 0.25) is 0 Å². The van der Waals surface area contributed by atoms with E-state index in [2.05, 4.69) is 10.6 Å². The summed E-state index contributed by atoms with van der Waals surface area (Å²) >= 11 is 11.2. The summed E-state index contributed by atoms with van der Waals surface area (Å²) in [5.74, 6) is -0.583. The first-order valence-corrected chi connectivity index (χ1v) is 23.4. The highest BCUT2D eigenvalue weighted by molar-refractivity contribution is 7.90. The van der Waals surface area contributed by atoms with Crippen molar-refractivity contribution >= 4 is 77.4 Å². The van der Waals surface area contributed by atoms with E-state index in [0.29, 0.717) is 47.8 Å². The fourth-order valence-corrected chi connectivity index (χ4v) is 9.14. The molecule has 0 aromatic heterocycles. The van der Waals surface area contributed by atoms with Gasteiger partial charge in [0.15, 0.2) is 0 Å². The van der Waals surface area contributed by atoms with E-state index in [1.54, 1.807) is 24.3 Å². The highest BCUT2D eigenvalue weighted by Gasteiger charge is 2.43. The third-order valence-corrected chi connectivity index (χ3v) is 13.7. The van der Waals surface area contributed by atoms with Gasteiger partial charge in [0, 0.05) is 65.5 Å². The number of sulfone groups is 2. The lowest BCUT2D eigenvalue weighted by Gasteiger charge is -2.43. The monoisotopic (exact) mass is 854 g/mol. The van der Waals surface area contributed by atoms with Crippen molar-refractivity contribution in [1.29, 1.82) is 0 Å².